The van der Waals surface area contributed by atoms with Gasteiger partial charge in [0.15, 0.2) is 0 Å². The van der Waals surface area contributed by atoms with E-state index in [9.17, 15) is 4.79 Å². The van der Waals surface area contributed by atoms with Crippen molar-refractivity contribution in [3.63, 3.8) is 0 Å². The van der Waals surface area contributed by atoms with E-state index in [4.69, 9.17) is 4.74 Å². The van der Waals surface area contributed by atoms with Gasteiger partial charge < -0.3 is 4.74 Å². The van der Waals surface area contributed by atoms with Crippen LogP contribution in [0.1, 0.15) is 0 Å². The van der Waals surface area contributed by atoms with Gasteiger partial charge >= 0.3 is 5.97 Å². The summed E-state index contributed by atoms with van der Waals surface area (Å²) in [6.07, 6.45) is 0. The highest BCUT2D eigenvalue weighted by atomic mass is 28.3. The molecule has 0 N–H and O–H groups in total. The molecule has 0 aliphatic rings. The maximum atomic E-state index is 11.6. The molecule has 0 unspecified atom stereocenters. The Kier molecular flexibility index (Phi) is 4.31. The van der Waals surface area contributed by atoms with Crippen LogP contribution in [0.2, 0.25) is 6.04 Å². The zero-order chi connectivity index (χ0) is 12.8. The highest BCUT2D eigenvalue weighted by Crippen LogP contribution is 1.99. The molecule has 2 nitrogen and oxygen atoms in total. The van der Waals surface area contributed by atoms with Crippen LogP contribution in [0.5, 0.6) is 0 Å². The largest absolute Gasteiger partial charge is 0.469 e. The fourth-order valence-electron chi connectivity index (χ4n) is 1.87. The van der Waals surface area contributed by atoms with E-state index in [2.05, 4.69) is 24.3 Å². The molecule has 0 fully saturated rings. The summed E-state index contributed by atoms with van der Waals surface area (Å²) >= 11 is 0. The Labute approximate surface area is 109 Å². The standard InChI is InChI=1S/C15H15O2Si/c1-17-15(16)12-18(13-8-4-2-5-9-13)14-10-6-3-7-11-14/h2-11H,12H2,1H3. The summed E-state index contributed by atoms with van der Waals surface area (Å²) in [7, 11) is 0.357. The van der Waals surface area contributed by atoms with Crippen LogP contribution in [0.4, 0.5) is 0 Å². The predicted octanol–water partition coefficient (Wildman–Crippen LogP) is 1.47. The Hall–Kier alpha value is -1.87. The Morgan fingerprint density at radius 3 is 1.78 bits per heavy atom. The molecule has 0 aliphatic carbocycles. The summed E-state index contributed by atoms with van der Waals surface area (Å²) < 4.78 is 4.81. The van der Waals surface area contributed by atoms with E-state index < -0.39 is 8.80 Å². The average Bonchev–Trinajstić information content (AvgIpc) is 2.46. The molecule has 0 amide bonds. The fourth-order valence-corrected chi connectivity index (χ4v) is 4.23. The van der Waals surface area contributed by atoms with Crippen molar-refractivity contribution in [2.75, 3.05) is 7.11 Å². The molecular weight excluding hydrogens is 240 g/mol. The molecule has 0 aromatic heterocycles. The first kappa shape index (κ1) is 12.6. The molecule has 0 atom stereocenters. The molecule has 0 aliphatic heterocycles. The van der Waals surface area contributed by atoms with Crippen molar-refractivity contribution in [2.24, 2.45) is 0 Å². The van der Waals surface area contributed by atoms with E-state index in [-0.39, 0.29) is 5.97 Å². The van der Waals surface area contributed by atoms with Crippen LogP contribution in [0.3, 0.4) is 0 Å². The van der Waals surface area contributed by atoms with Gasteiger partial charge in [-0.05, 0) is 0 Å². The van der Waals surface area contributed by atoms with Gasteiger partial charge in [-0.25, -0.2) is 0 Å². The molecule has 2 aromatic carbocycles. The first-order valence-corrected chi connectivity index (χ1v) is 7.55. The van der Waals surface area contributed by atoms with Gasteiger partial charge in [-0.15, -0.1) is 0 Å². The van der Waals surface area contributed by atoms with E-state index in [0.29, 0.717) is 6.04 Å². The van der Waals surface area contributed by atoms with E-state index in [1.165, 1.54) is 17.5 Å². The van der Waals surface area contributed by atoms with Gasteiger partial charge in [-0.1, -0.05) is 71.0 Å². The third-order valence-electron chi connectivity index (χ3n) is 2.79. The normalized spacial score (nSPS) is 10.3. The summed E-state index contributed by atoms with van der Waals surface area (Å²) in [6, 6.07) is 20.9. The van der Waals surface area contributed by atoms with Gasteiger partial charge in [0.05, 0.1) is 7.11 Å². The van der Waals surface area contributed by atoms with Crippen molar-refractivity contribution >= 4 is 25.1 Å². The molecule has 0 bridgehead atoms. The first-order valence-electron chi connectivity index (χ1n) is 5.84. The van der Waals surface area contributed by atoms with Crippen LogP contribution in [0, 0.1) is 0 Å². The quantitative estimate of drug-likeness (QED) is 0.611. The number of carbonyl (C=O) groups is 1. The average molecular weight is 255 g/mol. The second-order valence-corrected chi connectivity index (χ2v) is 6.43. The highest BCUT2D eigenvalue weighted by Gasteiger charge is 2.20. The zero-order valence-corrected chi connectivity index (χ0v) is 11.3. The van der Waals surface area contributed by atoms with Crippen molar-refractivity contribution < 1.29 is 9.53 Å². The number of esters is 1. The van der Waals surface area contributed by atoms with Crippen molar-refractivity contribution in [3.05, 3.63) is 60.7 Å². The molecule has 2 rings (SSSR count). The van der Waals surface area contributed by atoms with Gasteiger partial charge in [0, 0.05) is 6.04 Å². The molecule has 0 spiro atoms. The van der Waals surface area contributed by atoms with Gasteiger partial charge in [-0.3, -0.25) is 4.79 Å². The number of benzene rings is 2. The number of rotatable bonds is 4. The monoisotopic (exact) mass is 255 g/mol. The van der Waals surface area contributed by atoms with Crippen molar-refractivity contribution in [1.82, 2.24) is 0 Å². The van der Waals surface area contributed by atoms with Crippen LogP contribution in [-0.2, 0) is 9.53 Å². The fraction of sp³-hybridized carbons (Fsp3) is 0.133. The Balaban J connectivity index is 2.32. The van der Waals surface area contributed by atoms with Crippen molar-refractivity contribution in [1.29, 1.82) is 0 Å². The molecule has 91 valence electrons. The summed E-state index contributed by atoms with van der Waals surface area (Å²) in [5.41, 5.74) is 0. The van der Waals surface area contributed by atoms with Crippen LogP contribution in [0.15, 0.2) is 60.7 Å². The van der Waals surface area contributed by atoms with Crippen LogP contribution in [0.25, 0.3) is 0 Å². The molecule has 0 heterocycles. The van der Waals surface area contributed by atoms with Crippen LogP contribution >= 0.6 is 0 Å². The lowest BCUT2D eigenvalue weighted by atomic mass is 10.4. The van der Waals surface area contributed by atoms with Gasteiger partial charge in [0.1, 0.15) is 8.80 Å². The van der Waals surface area contributed by atoms with Crippen LogP contribution in [-0.4, -0.2) is 21.9 Å². The second-order valence-electron chi connectivity index (χ2n) is 3.96. The Bertz CT molecular complexity index is 457. The van der Waals surface area contributed by atoms with Gasteiger partial charge in [0.25, 0.3) is 0 Å². The van der Waals surface area contributed by atoms with E-state index >= 15 is 0 Å². The summed E-state index contributed by atoms with van der Waals surface area (Å²) in [6.45, 7) is 0. The predicted molar refractivity (Wildman–Crippen MR) is 74.7 cm³/mol. The number of hydrogen-bond acceptors (Lipinski definition) is 2. The molecule has 3 heteroatoms. The summed E-state index contributed by atoms with van der Waals surface area (Å²) in [5, 5.41) is 2.47. The van der Waals surface area contributed by atoms with E-state index in [1.807, 2.05) is 36.4 Å². The number of hydrogen-bond donors (Lipinski definition) is 0. The molecule has 18 heavy (non-hydrogen) atoms. The van der Waals surface area contributed by atoms with E-state index in [1.54, 1.807) is 0 Å². The Morgan fingerprint density at radius 1 is 0.944 bits per heavy atom. The smallest absolute Gasteiger partial charge is 0.303 e. The van der Waals surface area contributed by atoms with Gasteiger partial charge in [0.2, 0.25) is 0 Å². The minimum atomic E-state index is -1.09. The molecule has 0 saturated carbocycles. The van der Waals surface area contributed by atoms with Crippen molar-refractivity contribution in [3.8, 4) is 0 Å². The number of ether oxygens (including phenoxy) is 1. The SMILES string of the molecule is COC(=O)C[Si](c1ccccc1)c1ccccc1. The molecular formula is C15H15O2Si. The maximum Gasteiger partial charge on any atom is 0.303 e. The summed E-state index contributed by atoms with van der Waals surface area (Å²) in [4.78, 5) is 11.6. The van der Waals surface area contributed by atoms with Gasteiger partial charge in [-0.2, -0.15) is 0 Å². The topological polar surface area (TPSA) is 26.3 Å². The summed E-state index contributed by atoms with van der Waals surface area (Å²) in [5.74, 6) is -0.142. The lowest BCUT2D eigenvalue weighted by molar-refractivity contribution is -0.137. The van der Waals surface area contributed by atoms with Crippen LogP contribution < -0.4 is 10.4 Å². The molecule has 2 aromatic rings. The third-order valence-corrected chi connectivity index (χ3v) is 5.50. The second kappa shape index (κ2) is 6.17. The molecule has 1 radical (unpaired) electrons. The lowest BCUT2D eigenvalue weighted by Gasteiger charge is -2.14. The lowest BCUT2D eigenvalue weighted by Crippen LogP contribution is -2.43. The number of carbonyl (C=O) groups excluding carboxylic acids is 1. The third kappa shape index (κ3) is 3.08. The maximum absolute atomic E-state index is 11.6. The number of methoxy groups -OCH3 is 1. The first-order chi connectivity index (χ1) is 8.81. The molecule has 0 saturated heterocycles. The highest BCUT2D eigenvalue weighted by molar-refractivity contribution is 6.87. The Morgan fingerprint density at radius 2 is 1.39 bits per heavy atom. The minimum absolute atomic E-state index is 0.142. The zero-order valence-electron chi connectivity index (χ0n) is 10.3. The minimum Gasteiger partial charge on any atom is -0.469 e. The van der Waals surface area contributed by atoms with Crippen molar-refractivity contribution in [2.45, 2.75) is 6.04 Å². The van der Waals surface area contributed by atoms with E-state index in [0.717, 1.165) is 0 Å².